The van der Waals surface area contributed by atoms with E-state index in [1.54, 1.807) is 0 Å². The second-order valence-electron chi connectivity index (χ2n) is 9.46. The van der Waals surface area contributed by atoms with E-state index in [1.165, 1.54) is 12.1 Å². The Morgan fingerprint density at radius 1 is 1.18 bits per heavy atom. The minimum atomic E-state index is -0.194. The van der Waals surface area contributed by atoms with Gasteiger partial charge >= 0.3 is 0 Å². The summed E-state index contributed by atoms with van der Waals surface area (Å²) in [6, 6.07) is 0.991. The molecule has 4 aliphatic rings. The minimum Gasteiger partial charge on any atom is -0.348 e. The number of aromatic nitrogens is 2. The van der Waals surface area contributed by atoms with Crippen LogP contribution in [0.1, 0.15) is 57.3 Å². The van der Waals surface area contributed by atoms with Crippen molar-refractivity contribution in [2.24, 2.45) is 11.8 Å². The zero-order chi connectivity index (χ0) is 19.3. The van der Waals surface area contributed by atoms with Crippen LogP contribution in [0, 0.1) is 11.8 Å². The SMILES string of the molecule is CC1NNC(C)C1CN1CCC2(CC1)c1nc[nH]c1CCN2C(=O)C1CCC1. The van der Waals surface area contributed by atoms with Crippen LogP contribution in [-0.4, -0.2) is 63.9 Å². The summed E-state index contributed by atoms with van der Waals surface area (Å²) >= 11 is 0. The Bertz CT molecular complexity index is 710. The molecule has 1 saturated carbocycles. The maximum Gasteiger partial charge on any atom is 0.226 e. The number of nitrogens with zero attached hydrogens (tertiary/aromatic N) is 3. The average Bonchev–Trinajstić information content (AvgIpc) is 3.25. The van der Waals surface area contributed by atoms with Crippen molar-refractivity contribution in [2.75, 3.05) is 26.2 Å². The number of piperidine rings is 1. The highest BCUT2D eigenvalue weighted by Crippen LogP contribution is 2.44. The fraction of sp³-hybridized carbons (Fsp3) is 0.810. The third-order valence-corrected chi connectivity index (χ3v) is 7.96. The van der Waals surface area contributed by atoms with E-state index in [1.807, 2.05) is 6.33 Å². The molecule has 2 saturated heterocycles. The van der Waals surface area contributed by atoms with Crippen LogP contribution in [0.25, 0.3) is 0 Å². The first-order chi connectivity index (χ1) is 13.6. The molecule has 28 heavy (non-hydrogen) atoms. The van der Waals surface area contributed by atoms with Crippen LogP contribution in [0.4, 0.5) is 0 Å². The van der Waals surface area contributed by atoms with Gasteiger partial charge in [-0.15, -0.1) is 0 Å². The van der Waals surface area contributed by atoms with Crippen molar-refractivity contribution in [1.82, 2.24) is 30.6 Å². The van der Waals surface area contributed by atoms with E-state index in [9.17, 15) is 4.79 Å². The summed E-state index contributed by atoms with van der Waals surface area (Å²) in [6.45, 7) is 8.57. The Morgan fingerprint density at radius 3 is 2.54 bits per heavy atom. The Morgan fingerprint density at radius 2 is 1.89 bits per heavy atom. The maximum absolute atomic E-state index is 13.3. The largest absolute Gasteiger partial charge is 0.348 e. The van der Waals surface area contributed by atoms with Crippen LogP contribution >= 0.6 is 0 Å². The van der Waals surface area contributed by atoms with Gasteiger partial charge in [0, 0.05) is 62.2 Å². The first-order valence-corrected chi connectivity index (χ1v) is 11.2. The van der Waals surface area contributed by atoms with Crippen molar-refractivity contribution in [3.8, 4) is 0 Å². The monoisotopic (exact) mass is 386 g/mol. The molecule has 1 aromatic heterocycles. The van der Waals surface area contributed by atoms with Crippen LogP contribution in [0.5, 0.6) is 0 Å². The van der Waals surface area contributed by atoms with Gasteiger partial charge in [-0.25, -0.2) is 4.98 Å². The molecule has 3 fully saturated rings. The van der Waals surface area contributed by atoms with Crippen LogP contribution < -0.4 is 10.9 Å². The Hall–Kier alpha value is -1.44. The summed E-state index contributed by atoms with van der Waals surface area (Å²) in [4.78, 5) is 26.2. The van der Waals surface area contributed by atoms with Crippen molar-refractivity contribution in [3.63, 3.8) is 0 Å². The highest BCUT2D eigenvalue weighted by atomic mass is 16.2. The molecule has 1 amide bonds. The summed E-state index contributed by atoms with van der Waals surface area (Å²) in [6.07, 6.45) is 8.09. The molecule has 4 heterocycles. The fourth-order valence-electron chi connectivity index (χ4n) is 5.81. The minimum absolute atomic E-state index is 0.194. The predicted molar refractivity (Wildman–Crippen MR) is 107 cm³/mol. The van der Waals surface area contributed by atoms with E-state index in [2.05, 4.69) is 39.5 Å². The third-order valence-electron chi connectivity index (χ3n) is 7.96. The number of carbonyl (C=O) groups is 1. The summed E-state index contributed by atoms with van der Waals surface area (Å²) in [7, 11) is 0. The first-order valence-electron chi connectivity index (χ1n) is 11.2. The van der Waals surface area contributed by atoms with E-state index in [4.69, 9.17) is 4.98 Å². The number of imidazole rings is 1. The molecule has 1 aliphatic carbocycles. The lowest BCUT2D eigenvalue weighted by Crippen LogP contribution is -2.60. The molecular weight excluding hydrogens is 352 g/mol. The van der Waals surface area contributed by atoms with E-state index >= 15 is 0 Å². The molecule has 7 heteroatoms. The lowest BCUT2D eigenvalue weighted by Gasteiger charge is -2.52. The number of fused-ring (bicyclic) bond motifs is 2. The highest BCUT2D eigenvalue weighted by molar-refractivity contribution is 5.81. The van der Waals surface area contributed by atoms with E-state index in [0.717, 1.165) is 64.0 Å². The smallest absolute Gasteiger partial charge is 0.226 e. The molecule has 0 radical (unpaired) electrons. The lowest BCUT2D eigenvalue weighted by atomic mass is 9.76. The van der Waals surface area contributed by atoms with Gasteiger partial charge in [0.15, 0.2) is 0 Å². The fourth-order valence-corrected chi connectivity index (χ4v) is 5.81. The quantitative estimate of drug-likeness (QED) is 0.732. The molecule has 7 nitrogen and oxygen atoms in total. The van der Waals surface area contributed by atoms with Gasteiger partial charge in [-0.3, -0.25) is 15.6 Å². The van der Waals surface area contributed by atoms with E-state index in [-0.39, 0.29) is 11.5 Å². The number of hydrogen-bond donors (Lipinski definition) is 3. The molecule has 2 atom stereocenters. The molecule has 3 aliphatic heterocycles. The number of carbonyl (C=O) groups excluding carboxylic acids is 1. The van der Waals surface area contributed by atoms with Crippen LogP contribution in [0.15, 0.2) is 6.33 Å². The predicted octanol–water partition coefficient (Wildman–Crippen LogP) is 1.39. The number of nitrogens with one attached hydrogen (secondary N) is 3. The van der Waals surface area contributed by atoms with Crippen molar-refractivity contribution < 1.29 is 4.79 Å². The van der Waals surface area contributed by atoms with Gasteiger partial charge in [0.05, 0.1) is 17.6 Å². The molecule has 5 rings (SSSR count). The maximum atomic E-state index is 13.3. The van der Waals surface area contributed by atoms with Crippen molar-refractivity contribution in [2.45, 2.75) is 70.0 Å². The van der Waals surface area contributed by atoms with Crippen LogP contribution in [0.3, 0.4) is 0 Å². The summed E-state index contributed by atoms with van der Waals surface area (Å²) < 4.78 is 0. The summed E-state index contributed by atoms with van der Waals surface area (Å²) in [5, 5.41) is 0. The second-order valence-corrected chi connectivity index (χ2v) is 9.46. The van der Waals surface area contributed by atoms with Crippen molar-refractivity contribution >= 4 is 5.91 Å². The topological polar surface area (TPSA) is 76.3 Å². The van der Waals surface area contributed by atoms with Gasteiger partial charge in [0.1, 0.15) is 0 Å². The highest BCUT2D eigenvalue weighted by Gasteiger charge is 2.50. The first kappa shape index (κ1) is 18.6. The molecule has 2 unspecified atom stereocenters. The zero-order valence-corrected chi connectivity index (χ0v) is 17.2. The van der Waals surface area contributed by atoms with Gasteiger partial charge in [-0.05, 0) is 39.5 Å². The number of hydrazine groups is 1. The molecule has 1 spiro atoms. The third kappa shape index (κ3) is 2.90. The van der Waals surface area contributed by atoms with Gasteiger partial charge in [0.2, 0.25) is 5.91 Å². The molecular formula is C21H34N6O. The lowest BCUT2D eigenvalue weighted by molar-refractivity contribution is -0.149. The molecule has 3 N–H and O–H groups in total. The molecule has 154 valence electrons. The van der Waals surface area contributed by atoms with Crippen LogP contribution in [0.2, 0.25) is 0 Å². The zero-order valence-electron chi connectivity index (χ0n) is 17.2. The van der Waals surface area contributed by atoms with Gasteiger partial charge in [0.25, 0.3) is 0 Å². The molecule has 0 bridgehead atoms. The number of aromatic amines is 1. The number of likely N-dealkylation sites (tertiary alicyclic amines) is 1. The van der Waals surface area contributed by atoms with Crippen molar-refractivity contribution in [1.29, 1.82) is 0 Å². The standard InChI is InChI=1S/C21H34N6O/c1-14-17(15(2)25-24-14)12-26-10-7-21(8-11-26)19-18(22-13-23-19)6-9-27(21)20(28)16-4-3-5-16/h13-17,24-25H,3-12H2,1-2H3,(H,22,23). The number of H-pyrrole nitrogens is 1. The van der Waals surface area contributed by atoms with Crippen LogP contribution in [-0.2, 0) is 16.8 Å². The Kier molecular flexibility index (Phi) is 4.72. The van der Waals surface area contributed by atoms with Gasteiger partial charge in [-0.1, -0.05) is 6.42 Å². The number of rotatable bonds is 3. The van der Waals surface area contributed by atoms with E-state index < -0.39 is 0 Å². The second kappa shape index (κ2) is 7.11. The Balaban J connectivity index is 1.34. The summed E-state index contributed by atoms with van der Waals surface area (Å²) in [5.74, 6) is 1.27. The molecule has 1 aromatic rings. The average molecular weight is 387 g/mol. The number of hydrogen-bond acceptors (Lipinski definition) is 5. The van der Waals surface area contributed by atoms with Crippen molar-refractivity contribution in [3.05, 3.63) is 17.7 Å². The normalized spacial score (nSPS) is 33.1. The molecule has 0 aromatic carbocycles. The number of amides is 1. The van der Waals surface area contributed by atoms with Gasteiger partial charge in [-0.2, -0.15) is 0 Å². The van der Waals surface area contributed by atoms with Gasteiger partial charge < -0.3 is 14.8 Å². The van der Waals surface area contributed by atoms with E-state index in [0.29, 0.717) is 23.9 Å². The summed E-state index contributed by atoms with van der Waals surface area (Å²) in [5.41, 5.74) is 8.96. The Labute approximate surface area is 167 Å².